The van der Waals surface area contributed by atoms with Crippen molar-refractivity contribution in [2.75, 3.05) is 45.9 Å². The van der Waals surface area contributed by atoms with E-state index in [1.165, 1.54) is 28.6 Å². The molecule has 1 N–H and O–H groups in total. The molecule has 0 spiro atoms. The zero-order valence-corrected chi connectivity index (χ0v) is 20.8. The predicted octanol–water partition coefficient (Wildman–Crippen LogP) is 3.13. The number of rotatable bonds is 10. The zero-order chi connectivity index (χ0) is 23.0. The van der Waals surface area contributed by atoms with Gasteiger partial charge in [-0.05, 0) is 54.9 Å². The van der Waals surface area contributed by atoms with Gasteiger partial charge >= 0.3 is 0 Å². The van der Waals surface area contributed by atoms with Crippen molar-refractivity contribution in [2.24, 2.45) is 0 Å². The normalized spacial score (nSPS) is 15.1. The van der Waals surface area contributed by atoms with E-state index in [2.05, 4.69) is 26.1 Å². The Bertz CT molecular complexity index is 981. The van der Waals surface area contributed by atoms with Crippen LogP contribution in [0.4, 0.5) is 0 Å². The van der Waals surface area contributed by atoms with E-state index in [4.69, 9.17) is 16.3 Å². The smallest absolute Gasteiger partial charge is 0.243 e. The molecule has 10 heteroatoms. The van der Waals surface area contributed by atoms with E-state index in [0.29, 0.717) is 11.6 Å². The van der Waals surface area contributed by atoms with E-state index in [-0.39, 0.29) is 23.9 Å². The number of hydrogen-bond acceptors (Lipinski definition) is 5. The van der Waals surface area contributed by atoms with Crippen LogP contribution in [0.25, 0.3) is 0 Å². The van der Waals surface area contributed by atoms with E-state index >= 15 is 0 Å². The number of sulfonamides is 1. The van der Waals surface area contributed by atoms with Crippen molar-refractivity contribution < 1.29 is 17.9 Å². The van der Waals surface area contributed by atoms with Gasteiger partial charge in [0.15, 0.2) is 0 Å². The van der Waals surface area contributed by atoms with Gasteiger partial charge in [0.1, 0.15) is 0 Å². The maximum atomic E-state index is 13.3. The molecule has 32 heavy (non-hydrogen) atoms. The van der Waals surface area contributed by atoms with Crippen molar-refractivity contribution in [3.63, 3.8) is 0 Å². The van der Waals surface area contributed by atoms with Crippen LogP contribution in [-0.2, 0) is 26.1 Å². The Labute approximate surface area is 202 Å². The van der Waals surface area contributed by atoms with Gasteiger partial charge in [0.05, 0.1) is 24.7 Å². The molecule has 2 aromatic carbocycles. The number of morpholine rings is 1. The Kier molecular flexibility index (Phi) is 9.51. The summed E-state index contributed by atoms with van der Waals surface area (Å²) >= 11 is 9.29. The number of benzene rings is 2. The first-order valence-electron chi connectivity index (χ1n) is 10.4. The third-order valence-electron chi connectivity index (χ3n) is 5.12. The molecular weight excluding hydrogens is 518 g/mol. The Hall–Kier alpha value is -1.49. The monoisotopic (exact) mass is 543 g/mol. The molecule has 1 amide bonds. The van der Waals surface area contributed by atoms with Crippen LogP contribution >= 0.6 is 27.5 Å². The van der Waals surface area contributed by atoms with Crippen LogP contribution in [0.5, 0.6) is 0 Å². The quantitative estimate of drug-likeness (QED) is 0.465. The summed E-state index contributed by atoms with van der Waals surface area (Å²) in [6, 6.07) is 13.3. The first-order chi connectivity index (χ1) is 15.3. The highest BCUT2D eigenvalue weighted by Crippen LogP contribution is 2.21. The number of hydrogen-bond donors (Lipinski definition) is 1. The minimum Gasteiger partial charge on any atom is -0.379 e. The molecule has 0 atom stereocenters. The number of nitrogens with one attached hydrogen (secondary N) is 1. The Morgan fingerprint density at radius 1 is 1.09 bits per heavy atom. The number of carbonyl (C=O) groups is 1. The second-order valence-corrected chi connectivity index (χ2v) is 10.8. The highest BCUT2D eigenvalue weighted by atomic mass is 79.9. The van der Waals surface area contributed by atoms with Crippen molar-refractivity contribution in [1.82, 2.24) is 14.5 Å². The molecule has 1 saturated heterocycles. The molecule has 1 aliphatic rings. The van der Waals surface area contributed by atoms with Crippen molar-refractivity contribution in [2.45, 2.75) is 17.9 Å². The average Bonchev–Trinajstić information content (AvgIpc) is 2.79. The molecule has 2 aromatic rings. The SMILES string of the molecule is O=C(CN(Cc1ccc(Br)cc1)S(=O)(=O)c1ccc(Cl)cc1)NCCCN1CCOCC1. The minimum atomic E-state index is -3.89. The lowest BCUT2D eigenvalue weighted by molar-refractivity contribution is -0.121. The summed E-state index contributed by atoms with van der Waals surface area (Å²) in [7, 11) is -3.89. The van der Waals surface area contributed by atoms with Gasteiger partial charge in [0.2, 0.25) is 15.9 Å². The van der Waals surface area contributed by atoms with Crippen LogP contribution < -0.4 is 5.32 Å². The number of amides is 1. The summed E-state index contributed by atoms with van der Waals surface area (Å²) in [5.41, 5.74) is 0.783. The lowest BCUT2D eigenvalue weighted by Crippen LogP contribution is -2.41. The maximum Gasteiger partial charge on any atom is 0.243 e. The number of carbonyl (C=O) groups excluding carboxylic acids is 1. The van der Waals surface area contributed by atoms with Crippen LogP contribution in [0.1, 0.15) is 12.0 Å². The molecule has 1 heterocycles. The van der Waals surface area contributed by atoms with E-state index < -0.39 is 10.0 Å². The molecule has 7 nitrogen and oxygen atoms in total. The molecule has 3 rings (SSSR count). The third kappa shape index (κ3) is 7.54. The molecule has 0 radical (unpaired) electrons. The molecular formula is C22H27BrClN3O4S. The Morgan fingerprint density at radius 3 is 2.41 bits per heavy atom. The number of halogens is 2. The molecule has 174 valence electrons. The fourth-order valence-electron chi connectivity index (χ4n) is 3.35. The molecule has 0 aliphatic carbocycles. The lowest BCUT2D eigenvalue weighted by Gasteiger charge is -2.26. The van der Waals surface area contributed by atoms with Gasteiger partial charge in [-0.1, -0.05) is 39.7 Å². The fraction of sp³-hybridized carbons (Fsp3) is 0.409. The summed E-state index contributed by atoms with van der Waals surface area (Å²) in [5, 5.41) is 3.29. The first kappa shape index (κ1) is 25.1. The van der Waals surface area contributed by atoms with Crippen molar-refractivity contribution in [3.8, 4) is 0 Å². The van der Waals surface area contributed by atoms with Gasteiger partial charge in [-0.15, -0.1) is 0 Å². The molecule has 1 fully saturated rings. The number of ether oxygens (including phenoxy) is 1. The summed E-state index contributed by atoms with van der Waals surface area (Å²) in [5.74, 6) is -0.332. The van der Waals surface area contributed by atoms with Crippen LogP contribution in [0.15, 0.2) is 57.9 Å². The molecule has 0 bridgehead atoms. The van der Waals surface area contributed by atoms with E-state index in [9.17, 15) is 13.2 Å². The predicted molar refractivity (Wildman–Crippen MR) is 128 cm³/mol. The standard InChI is InChI=1S/C22H27BrClN3O4S/c23-19-4-2-18(3-5-19)16-27(32(29,30)21-8-6-20(24)7-9-21)17-22(28)25-10-1-11-26-12-14-31-15-13-26/h2-9H,1,10-17H2,(H,25,28). The van der Waals surface area contributed by atoms with Gasteiger partial charge in [-0.3, -0.25) is 9.69 Å². The molecule has 0 unspecified atom stereocenters. The fourth-order valence-corrected chi connectivity index (χ4v) is 5.12. The molecule has 0 aromatic heterocycles. The second kappa shape index (κ2) is 12.1. The third-order valence-corrected chi connectivity index (χ3v) is 7.71. The highest BCUT2D eigenvalue weighted by Gasteiger charge is 2.27. The molecule has 1 aliphatic heterocycles. The number of nitrogens with zero attached hydrogens (tertiary/aromatic N) is 2. The van der Waals surface area contributed by atoms with Gasteiger partial charge < -0.3 is 10.1 Å². The van der Waals surface area contributed by atoms with Crippen LogP contribution in [0.2, 0.25) is 5.02 Å². The van der Waals surface area contributed by atoms with Crippen LogP contribution in [-0.4, -0.2) is 69.5 Å². The van der Waals surface area contributed by atoms with E-state index in [1.54, 1.807) is 0 Å². The zero-order valence-electron chi connectivity index (χ0n) is 17.7. The summed E-state index contributed by atoms with van der Waals surface area (Å²) < 4.78 is 33.9. The molecule has 0 saturated carbocycles. The summed E-state index contributed by atoms with van der Waals surface area (Å²) in [6.45, 7) is 4.44. The van der Waals surface area contributed by atoms with E-state index in [0.717, 1.165) is 49.3 Å². The Morgan fingerprint density at radius 2 is 1.75 bits per heavy atom. The second-order valence-electron chi connectivity index (χ2n) is 7.51. The maximum absolute atomic E-state index is 13.3. The summed E-state index contributed by atoms with van der Waals surface area (Å²) in [6.07, 6.45) is 0.794. The van der Waals surface area contributed by atoms with Gasteiger partial charge in [-0.25, -0.2) is 8.42 Å². The van der Waals surface area contributed by atoms with Gasteiger partial charge in [-0.2, -0.15) is 4.31 Å². The topological polar surface area (TPSA) is 79.0 Å². The average molecular weight is 545 g/mol. The highest BCUT2D eigenvalue weighted by molar-refractivity contribution is 9.10. The van der Waals surface area contributed by atoms with E-state index in [1.807, 2.05) is 24.3 Å². The Balaban J connectivity index is 1.64. The van der Waals surface area contributed by atoms with Gasteiger partial charge in [0, 0.05) is 35.7 Å². The summed E-state index contributed by atoms with van der Waals surface area (Å²) in [4.78, 5) is 15.0. The van der Waals surface area contributed by atoms with Crippen LogP contribution in [0.3, 0.4) is 0 Å². The lowest BCUT2D eigenvalue weighted by atomic mass is 10.2. The van der Waals surface area contributed by atoms with Crippen LogP contribution in [0, 0.1) is 0 Å². The van der Waals surface area contributed by atoms with Crippen molar-refractivity contribution in [3.05, 3.63) is 63.6 Å². The van der Waals surface area contributed by atoms with Gasteiger partial charge in [0.25, 0.3) is 0 Å². The van der Waals surface area contributed by atoms with Crippen molar-refractivity contribution >= 4 is 43.5 Å². The largest absolute Gasteiger partial charge is 0.379 e. The first-order valence-corrected chi connectivity index (χ1v) is 13.0. The minimum absolute atomic E-state index is 0.0828. The van der Waals surface area contributed by atoms with Crippen molar-refractivity contribution in [1.29, 1.82) is 0 Å².